The first-order chi connectivity index (χ1) is 8.02. The standard InChI is InChI=1S/C11H5BrNO4.Hg/c12-10-7-2-1-3-8(11(14)15)6(7)4-5-9(10)13(16)17;/h1-3,5H,(H,14,15);/q;+1/p-1. The van der Waals surface area contributed by atoms with Crippen LogP contribution in [0.1, 0.15) is 10.4 Å². The molecule has 1 aliphatic rings. The zero-order valence-corrected chi connectivity index (χ0v) is 16.1. The Morgan fingerprint density at radius 1 is 1.39 bits per heavy atom. The molecule has 7 heteroatoms. The number of fused-ring (bicyclic) bond motifs is 1. The Morgan fingerprint density at radius 3 is 2.61 bits per heavy atom. The average molecular weight is 495 g/mol. The Hall–Kier alpha value is -0.975. The second-order valence-corrected chi connectivity index (χ2v) is 4.05. The molecule has 0 saturated heterocycles. The molecule has 0 aromatic heterocycles. The van der Waals surface area contributed by atoms with Gasteiger partial charge in [-0.25, -0.2) is 0 Å². The van der Waals surface area contributed by atoms with Gasteiger partial charge in [0.25, 0.3) is 0 Å². The van der Waals surface area contributed by atoms with Crippen LogP contribution in [0, 0.1) is 16.2 Å². The van der Waals surface area contributed by atoms with E-state index in [1.807, 2.05) is 0 Å². The summed E-state index contributed by atoms with van der Waals surface area (Å²) in [7, 11) is 0. The van der Waals surface area contributed by atoms with Crippen molar-refractivity contribution in [3.8, 4) is 0 Å². The van der Waals surface area contributed by atoms with Crippen LogP contribution in [0.25, 0.3) is 10.2 Å². The molecule has 2 radical (unpaired) electrons. The summed E-state index contributed by atoms with van der Waals surface area (Å²) in [4.78, 5) is 21.0. The van der Waals surface area contributed by atoms with Gasteiger partial charge < -0.3 is 9.90 Å². The molecule has 18 heavy (non-hydrogen) atoms. The number of carboxylic acid groups (broad SMARTS) is 1. The minimum atomic E-state index is -1.34. The molecule has 86 valence electrons. The van der Waals surface area contributed by atoms with Gasteiger partial charge in [-0.05, 0) is 15.9 Å². The van der Waals surface area contributed by atoms with Crippen molar-refractivity contribution in [1.29, 1.82) is 0 Å². The average Bonchev–Trinajstić information content (AvgIpc) is 2.28. The van der Waals surface area contributed by atoms with E-state index in [-0.39, 0.29) is 49.0 Å². The van der Waals surface area contributed by atoms with Gasteiger partial charge in [0.1, 0.15) is 0 Å². The summed E-state index contributed by atoms with van der Waals surface area (Å²) >= 11 is 3.09. The van der Waals surface area contributed by atoms with E-state index in [4.69, 9.17) is 0 Å². The monoisotopic (exact) mass is 495 g/mol. The molecule has 2 rings (SSSR count). The van der Waals surface area contributed by atoms with Gasteiger partial charge in [-0.2, -0.15) is 0 Å². The van der Waals surface area contributed by atoms with E-state index in [1.54, 1.807) is 6.07 Å². The molecule has 1 aromatic carbocycles. The van der Waals surface area contributed by atoms with Crippen LogP contribution in [0.4, 0.5) is 0 Å². The Bertz CT molecular complexity index is 679. The summed E-state index contributed by atoms with van der Waals surface area (Å²) < 4.78 is 0.236. The van der Waals surface area contributed by atoms with E-state index in [0.29, 0.717) is 5.22 Å². The molecular formula is C11H4BrHgNO4. The van der Waals surface area contributed by atoms with E-state index in [2.05, 4.69) is 21.7 Å². The SMILES string of the molecule is O=C([O-])c1cccc2c1=C=C[C]([N+](=O)[O-])C=2Br.[Hg+]. The van der Waals surface area contributed by atoms with Crippen LogP contribution in [0.2, 0.25) is 0 Å². The van der Waals surface area contributed by atoms with Crippen molar-refractivity contribution in [2.75, 3.05) is 0 Å². The number of benzene rings is 1. The number of nitro groups is 1. The summed E-state index contributed by atoms with van der Waals surface area (Å²) in [5.74, 6) is -1.34. The van der Waals surface area contributed by atoms with Gasteiger partial charge >= 0.3 is 33.7 Å². The quantitative estimate of drug-likeness (QED) is 0.310. The number of rotatable bonds is 2. The maximum Gasteiger partial charge on any atom is 1.00 e. The maximum atomic E-state index is 10.9. The van der Waals surface area contributed by atoms with Crippen LogP contribution in [0.3, 0.4) is 0 Å². The number of carboxylic acids is 1. The molecule has 0 atom stereocenters. The van der Waals surface area contributed by atoms with Gasteiger partial charge in [-0.3, -0.25) is 10.1 Å². The van der Waals surface area contributed by atoms with Crippen molar-refractivity contribution < 1.29 is 42.5 Å². The Morgan fingerprint density at radius 2 is 2.06 bits per heavy atom. The topological polar surface area (TPSA) is 83.3 Å². The Labute approximate surface area is 130 Å². The minimum Gasteiger partial charge on any atom is -0.545 e. The van der Waals surface area contributed by atoms with Crippen molar-refractivity contribution in [1.82, 2.24) is 0 Å². The van der Waals surface area contributed by atoms with Crippen LogP contribution in [0.15, 0.2) is 24.3 Å². The molecule has 0 spiro atoms. The molecule has 0 heterocycles. The fourth-order valence-corrected chi connectivity index (χ4v) is 2.13. The number of hydrogen-bond acceptors (Lipinski definition) is 4. The van der Waals surface area contributed by atoms with Crippen molar-refractivity contribution in [2.45, 2.75) is 0 Å². The van der Waals surface area contributed by atoms with Crippen LogP contribution in [0.5, 0.6) is 0 Å². The van der Waals surface area contributed by atoms with Crippen molar-refractivity contribution in [3.63, 3.8) is 0 Å². The number of halogens is 1. The van der Waals surface area contributed by atoms with E-state index in [0.717, 1.165) is 6.08 Å². The first-order valence-corrected chi connectivity index (χ1v) is 5.30. The molecular weight excluding hydrogens is 491 g/mol. The first-order valence-electron chi connectivity index (χ1n) is 4.51. The van der Waals surface area contributed by atoms with Crippen LogP contribution in [-0.2, 0) is 27.7 Å². The van der Waals surface area contributed by atoms with Crippen LogP contribution < -0.4 is 15.5 Å². The summed E-state index contributed by atoms with van der Waals surface area (Å²) in [6.07, 6.45) is 1.14. The molecule has 1 aromatic rings. The molecule has 0 bridgehead atoms. The second-order valence-electron chi connectivity index (χ2n) is 3.26. The van der Waals surface area contributed by atoms with Crippen molar-refractivity contribution >= 4 is 32.1 Å². The molecule has 1 aliphatic carbocycles. The van der Waals surface area contributed by atoms with Gasteiger partial charge in [-0.1, -0.05) is 18.2 Å². The summed E-state index contributed by atoms with van der Waals surface area (Å²) in [6, 6.07) is 4.28. The minimum absolute atomic E-state index is 0. The van der Waals surface area contributed by atoms with E-state index >= 15 is 0 Å². The molecule has 0 amide bonds. The van der Waals surface area contributed by atoms with E-state index < -0.39 is 10.9 Å². The van der Waals surface area contributed by atoms with Crippen molar-refractivity contribution in [3.05, 3.63) is 56.4 Å². The van der Waals surface area contributed by atoms with Crippen molar-refractivity contribution in [2.24, 2.45) is 0 Å². The molecule has 0 aliphatic heterocycles. The second kappa shape index (κ2) is 5.78. The Balaban J connectivity index is 0.00000162. The maximum absolute atomic E-state index is 10.9. The number of nitrogens with zero attached hydrogens (tertiary/aromatic N) is 1. The first kappa shape index (κ1) is 15.1. The third-order valence-corrected chi connectivity index (χ3v) is 3.13. The van der Waals surface area contributed by atoms with E-state index in [1.165, 1.54) is 12.1 Å². The molecule has 0 fully saturated rings. The smallest absolute Gasteiger partial charge is 0.545 e. The van der Waals surface area contributed by atoms with Crippen LogP contribution >= 0.6 is 15.9 Å². The fourth-order valence-electron chi connectivity index (χ4n) is 1.54. The zero-order valence-electron chi connectivity index (χ0n) is 8.97. The van der Waals surface area contributed by atoms with Gasteiger partial charge in [0.2, 0.25) is 0 Å². The van der Waals surface area contributed by atoms with Crippen LogP contribution in [-0.4, -0.2) is 10.9 Å². The molecule has 0 saturated carbocycles. The number of carbonyl (C=O) groups excluding carboxylic acids is 1. The summed E-state index contributed by atoms with van der Waals surface area (Å²) in [5.41, 5.74) is 2.56. The summed E-state index contributed by atoms with van der Waals surface area (Å²) in [6.45, 7) is 0. The van der Waals surface area contributed by atoms with Gasteiger partial charge in [0.15, 0.2) is 0 Å². The third kappa shape index (κ3) is 2.55. The number of carbonyl (C=O) groups is 1. The van der Waals surface area contributed by atoms with E-state index in [9.17, 15) is 20.0 Å². The Kier molecular flexibility index (Phi) is 4.84. The van der Waals surface area contributed by atoms with Gasteiger partial charge in [0.05, 0.1) is 10.5 Å². The largest absolute Gasteiger partial charge is 1.00 e. The third-order valence-electron chi connectivity index (χ3n) is 2.30. The predicted octanol–water partition coefficient (Wildman–Crippen LogP) is -0.691. The molecule has 0 unspecified atom stereocenters. The van der Waals surface area contributed by atoms with Gasteiger partial charge in [-0.15, -0.1) is 5.73 Å². The summed E-state index contributed by atoms with van der Waals surface area (Å²) in [5, 5.41) is 22.3. The normalized spacial score (nSPS) is 13.3. The molecule has 5 nitrogen and oxygen atoms in total. The number of hydrogen-bond donors (Lipinski definition) is 0. The number of aromatic carboxylic acids is 1. The zero-order chi connectivity index (χ0) is 12.6. The fraction of sp³-hybridized carbons (Fsp3) is 0. The van der Waals surface area contributed by atoms with Gasteiger partial charge in [0, 0.05) is 27.0 Å². The predicted molar refractivity (Wildman–Crippen MR) is 60.6 cm³/mol. The molecule has 0 N–H and O–H groups in total.